The van der Waals surface area contributed by atoms with Gasteiger partial charge in [-0.15, -0.1) is 0 Å². The summed E-state index contributed by atoms with van der Waals surface area (Å²) in [6.45, 7) is 1.66. The molecule has 16 heavy (non-hydrogen) atoms. The van der Waals surface area contributed by atoms with Crippen LogP contribution in [0, 0.1) is 0 Å². The molecule has 0 saturated heterocycles. The van der Waals surface area contributed by atoms with Crippen molar-refractivity contribution in [3.63, 3.8) is 0 Å². The van der Waals surface area contributed by atoms with Crippen molar-refractivity contribution in [1.29, 1.82) is 0 Å². The van der Waals surface area contributed by atoms with Gasteiger partial charge in [0.15, 0.2) is 0 Å². The summed E-state index contributed by atoms with van der Waals surface area (Å²) in [5.74, 6) is 0. The zero-order valence-electron chi connectivity index (χ0n) is 14.1. The van der Waals surface area contributed by atoms with Crippen LogP contribution in [0.4, 0.5) is 0 Å². The molecule has 1 N–H and O–H groups in total. The van der Waals surface area contributed by atoms with Crippen molar-refractivity contribution >= 4 is 16.5 Å². The summed E-state index contributed by atoms with van der Waals surface area (Å²) in [6, 6.07) is -0.700. The Morgan fingerprint density at radius 3 is 3.06 bits per heavy atom. The Hall–Kier alpha value is -1.54. The molecule has 0 amide bonds. The number of likely N-dealkylation sites (N-methyl/N-ethyl adjacent to an activating group) is 1. The molecule has 0 spiro atoms. The maximum absolute atomic E-state index is 8.12. The topological polar surface area (TPSA) is 19.0 Å². The van der Waals surface area contributed by atoms with E-state index in [9.17, 15) is 0 Å². The van der Waals surface area contributed by atoms with Crippen LogP contribution < -0.4 is 0 Å². The lowest BCUT2D eigenvalue weighted by Crippen LogP contribution is -2.23. The van der Waals surface area contributed by atoms with Crippen molar-refractivity contribution in [3.05, 3.63) is 42.0 Å². The lowest BCUT2D eigenvalue weighted by molar-refractivity contribution is 0.370. The molecule has 1 aliphatic rings. The fraction of sp³-hybridized carbons (Fsp3) is 0.286. The average Bonchev–Trinajstić information content (AvgIpc) is 2.81. The summed E-state index contributed by atoms with van der Waals surface area (Å²) in [5.41, 5.74) is 1.92. The number of aromatic nitrogens is 1. The summed E-state index contributed by atoms with van der Waals surface area (Å²) in [6.07, 6.45) is 2.97. The lowest BCUT2D eigenvalue weighted by Gasteiger charge is -2.21. The molecule has 0 fully saturated rings. The SMILES string of the molecule is [2H]c1[nH]c2c([2H])c([2H])c([2H])c([2H])c2c1C1=CCN(C)CC1. The number of H-pyrrole nitrogens is 1. The van der Waals surface area contributed by atoms with Gasteiger partial charge in [-0.1, -0.05) is 24.2 Å². The van der Waals surface area contributed by atoms with E-state index in [-0.39, 0.29) is 30.3 Å². The Morgan fingerprint density at radius 1 is 1.38 bits per heavy atom. The fourth-order valence-corrected chi connectivity index (χ4v) is 2.02. The van der Waals surface area contributed by atoms with Gasteiger partial charge in [0.2, 0.25) is 0 Å². The highest BCUT2D eigenvalue weighted by Gasteiger charge is 2.12. The van der Waals surface area contributed by atoms with Gasteiger partial charge in [-0.3, -0.25) is 0 Å². The van der Waals surface area contributed by atoms with E-state index >= 15 is 0 Å². The van der Waals surface area contributed by atoms with Gasteiger partial charge in [-0.05, 0) is 25.1 Å². The number of para-hydroxylation sites is 1. The predicted octanol–water partition coefficient (Wildman–Crippen LogP) is 2.89. The van der Waals surface area contributed by atoms with Gasteiger partial charge < -0.3 is 9.88 Å². The average molecular weight is 217 g/mol. The van der Waals surface area contributed by atoms with Gasteiger partial charge in [0.25, 0.3) is 0 Å². The highest BCUT2D eigenvalue weighted by Crippen LogP contribution is 2.28. The molecule has 0 atom stereocenters. The van der Waals surface area contributed by atoms with Gasteiger partial charge in [0.05, 0.1) is 6.85 Å². The van der Waals surface area contributed by atoms with Gasteiger partial charge in [-0.25, -0.2) is 0 Å². The molecule has 0 saturated carbocycles. The molecule has 2 nitrogen and oxygen atoms in total. The number of nitrogens with one attached hydrogen (secondary N) is 1. The molecule has 3 rings (SSSR count). The third-order valence-electron chi connectivity index (χ3n) is 2.98. The van der Waals surface area contributed by atoms with Crippen LogP contribution in [0.3, 0.4) is 0 Å². The molecule has 82 valence electrons. The smallest absolute Gasteiger partial charge is 0.0822 e. The van der Waals surface area contributed by atoms with E-state index in [1.54, 1.807) is 0 Å². The van der Waals surface area contributed by atoms with Crippen LogP contribution in [0.15, 0.2) is 36.4 Å². The maximum Gasteiger partial charge on any atom is 0.0822 e. The molecule has 2 aromatic rings. The quantitative estimate of drug-likeness (QED) is 0.778. The number of rotatable bonds is 1. The van der Waals surface area contributed by atoms with E-state index in [2.05, 4.69) is 9.88 Å². The second-order valence-corrected chi connectivity index (χ2v) is 4.12. The van der Waals surface area contributed by atoms with Crippen molar-refractivity contribution in [2.45, 2.75) is 6.42 Å². The molecule has 0 radical (unpaired) electrons. The first-order chi connectivity index (χ1) is 9.91. The molecular weight excluding hydrogens is 196 g/mol. The van der Waals surface area contributed by atoms with Crippen LogP contribution in [0.25, 0.3) is 16.5 Å². The van der Waals surface area contributed by atoms with Crippen LogP contribution in [0.2, 0.25) is 0 Å². The van der Waals surface area contributed by atoms with Crippen molar-refractivity contribution in [2.24, 2.45) is 0 Å². The van der Waals surface area contributed by atoms with Crippen LogP contribution in [-0.4, -0.2) is 30.0 Å². The van der Waals surface area contributed by atoms with E-state index in [0.29, 0.717) is 16.5 Å². The summed E-state index contributed by atoms with van der Waals surface area (Å²) in [4.78, 5) is 4.98. The minimum absolute atomic E-state index is 0.0735. The molecule has 0 unspecified atom stereocenters. The Labute approximate surface area is 103 Å². The first-order valence-electron chi connectivity index (χ1n) is 7.88. The minimum atomic E-state index is -0.266. The number of hydrogen-bond acceptors (Lipinski definition) is 1. The maximum atomic E-state index is 8.12. The Kier molecular flexibility index (Phi) is 1.35. The highest BCUT2D eigenvalue weighted by atomic mass is 15.1. The van der Waals surface area contributed by atoms with Crippen LogP contribution in [0.5, 0.6) is 0 Å². The highest BCUT2D eigenvalue weighted by molar-refractivity contribution is 5.92. The molecule has 1 aromatic heterocycles. The molecule has 1 aromatic carbocycles. The number of fused-ring (bicyclic) bond motifs is 1. The van der Waals surface area contributed by atoms with Crippen molar-refractivity contribution < 1.29 is 6.85 Å². The minimum Gasteiger partial charge on any atom is -0.361 e. The molecule has 1 aliphatic heterocycles. The zero-order valence-corrected chi connectivity index (χ0v) is 9.15. The molecule has 0 bridgehead atoms. The molecular formula is C14H16N2. The van der Waals surface area contributed by atoms with E-state index in [4.69, 9.17) is 6.85 Å². The predicted molar refractivity (Wildman–Crippen MR) is 68.4 cm³/mol. The fourth-order valence-electron chi connectivity index (χ4n) is 2.02. The van der Waals surface area contributed by atoms with E-state index in [1.165, 1.54) is 0 Å². The van der Waals surface area contributed by atoms with Crippen LogP contribution >= 0.6 is 0 Å². The Balaban J connectivity index is 2.32. The summed E-state index contributed by atoms with van der Waals surface area (Å²) in [7, 11) is 2.02. The Morgan fingerprint density at radius 2 is 2.25 bits per heavy atom. The summed E-state index contributed by atoms with van der Waals surface area (Å²) >= 11 is 0. The summed E-state index contributed by atoms with van der Waals surface area (Å²) in [5, 5.41) is 0.432. The van der Waals surface area contributed by atoms with Crippen molar-refractivity contribution in [2.75, 3.05) is 20.1 Å². The third kappa shape index (κ3) is 1.55. The van der Waals surface area contributed by atoms with Crippen LogP contribution in [0.1, 0.15) is 18.8 Å². The summed E-state index contributed by atoms with van der Waals surface area (Å²) < 4.78 is 39.7. The third-order valence-corrected chi connectivity index (χ3v) is 2.98. The normalized spacial score (nSPS) is 22.1. The van der Waals surface area contributed by atoms with E-state index in [1.807, 2.05) is 13.1 Å². The number of nitrogens with zero attached hydrogens (tertiary/aromatic N) is 1. The lowest BCUT2D eigenvalue weighted by atomic mass is 9.99. The van der Waals surface area contributed by atoms with E-state index in [0.717, 1.165) is 25.1 Å². The molecule has 2 heteroatoms. The van der Waals surface area contributed by atoms with Gasteiger partial charge in [-0.2, -0.15) is 0 Å². The Bertz CT molecular complexity index is 763. The second-order valence-electron chi connectivity index (χ2n) is 4.12. The number of benzene rings is 1. The van der Waals surface area contributed by atoms with Gasteiger partial charge >= 0.3 is 0 Å². The van der Waals surface area contributed by atoms with Crippen LogP contribution in [-0.2, 0) is 0 Å². The molecule has 2 heterocycles. The number of aromatic amines is 1. The van der Waals surface area contributed by atoms with Gasteiger partial charge in [0, 0.05) is 35.7 Å². The van der Waals surface area contributed by atoms with Gasteiger partial charge in [0.1, 0.15) is 0 Å². The zero-order chi connectivity index (χ0) is 15.3. The first kappa shape index (κ1) is 5.69. The van der Waals surface area contributed by atoms with Crippen molar-refractivity contribution in [3.8, 4) is 0 Å². The second kappa shape index (κ2) is 3.80. The number of hydrogen-bond donors (Lipinski definition) is 1. The van der Waals surface area contributed by atoms with Crippen molar-refractivity contribution in [1.82, 2.24) is 9.88 Å². The van der Waals surface area contributed by atoms with E-state index < -0.39 is 0 Å². The monoisotopic (exact) mass is 217 g/mol. The molecule has 0 aliphatic carbocycles. The standard InChI is InChI=1S/C14H16N2/c1-16-8-6-11(7-9-16)13-10-15-14-5-3-2-4-12(13)14/h2-6,10,15H,7-9H2,1H3/i2D,3D,4D,5D,10D. The first-order valence-corrected chi connectivity index (χ1v) is 5.38. The largest absolute Gasteiger partial charge is 0.361 e.